The smallest absolute Gasteiger partial charge is 0.124 e. The molecule has 0 spiro atoms. The van der Waals surface area contributed by atoms with Crippen molar-refractivity contribution in [1.29, 1.82) is 0 Å². The van der Waals surface area contributed by atoms with E-state index in [1.165, 1.54) is 18.4 Å². The van der Waals surface area contributed by atoms with Gasteiger partial charge in [-0.1, -0.05) is 18.2 Å². The summed E-state index contributed by atoms with van der Waals surface area (Å²) in [7, 11) is 2.12. The standard InChI is InChI=1S/C14H20N2O/c1-16-8-11(9-16)17-13-5-3-2-4-12(13)14(10-15)6-7-14/h2-5,11H,6-10,15H2,1H3. The van der Waals surface area contributed by atoms with Gasteiger partial charge in [0, 0.05) is 30.6 Å². The Bertz CT molecular complexity index is 408. The molecule has 3 rings (SSSR count). The number of hydrogen-bond donors (Lipinski definition) is 1. The lowest BCUT2D eigenvalue weighted by Crippen LogP contribution is -2.51. The fourth-order valence-corrected chi connectivity index (χ4v) is 2.64. The van der Waals surface area contributed by atoms with E-state index in [9.17, 15) is 0 Å². The third-order valence-corrected chi connectivity index (χ3v) is 4.03. The number of hydrogen-bond acceptors (Lipinski definition) is 3. The van der Waals surface area contributed by atoms with Gasteiger partial charge in [0.05, 0.1) is 0 Å². The molecular formula is C14H20N2O. The van der Waals surface area contributed by atoms with Crippen molar-refractivity contribution in [2.45, 2.75) is 24.4 Å². The van der Waals surface area contributed by atoms with E-state index in [0.717, 1.165) is 25.4 Å². The highest BCUT2D eigenvalue weighted by Crippen LogP contribution is 2.50. The van der Waals surface area contributed by atoms with Crippen molar-refractivity contribution < 1.29 is 4.74 Å². The molecule has 92 valence electrons. The third-order valence-electron chi connectivity index (χ3n) is 4.03. The van der Waals surface area contributed by atoms with E-state index in [0.29, 0.717) is 6.10 Å². The van der Waals surface area contributed by atoms with Crippen molar-refractivity contribution in [3.63, 3.8) is 0 Å². The summed E-state index contributed by atoms with van der Waals surface area (Å²) in [5.41, 5.74) is 7.44. The Morgan fingerprint density at radius 1 is 1.35 bits per heavy atom. The van der Waals surface area contributed by atoms with E-state index in [4.69, 9.17) is 10.5 Å². The van der Waals surface area contributed by atoms with Gasteiger partial charge in [0.25, 0.3) is 0 Å². The second-order valence-corrected chi connectivity index (χ2v) is 5.44. The van der Waals surface area contributed by atoms with Crippen LogP contribution < -0.4 is 10.5 Å². The van der Waals surface area contributed by atoms with E-state index in [1.807, 2.05) is 6.07 Å². The molecule has 1 heterocycles. The second kappa shape index (κ2) is 4.00. The molecular weight excluding hydrogens is 212 g/mol. The molecule has 0 radical (unpaired) electrons. The molecule has 0 bridgehead atoms. The molecule has 2 aliphatic rings. The van der Waals surface area contributed by atoms with Gasteiger partial charge in [-0.15, -0.1) is 0 Å². The fourth-order valence-electron chi connectivity index (χ4n) is 2.64. The van der Waals surface area contributed by atoms with Gasteiger partial charge in [-0.25, -0.2) is 0 Å². The highest BCUT2D eigenvalue weighted by molar-refractivity contribution is 5.43. The number of benzene rings is 1. The summed E-state index contributed by atoms with van der Waals surface area (Å²) in [5, 5.41) is 0. The van der Waals surface area contributed by atoms with Crippen LogP contribution in [0.15, 0.2) is 24.3 Å². The molecule has 0 aromatic heterocycles. The maximum Gasteiger partial charge on any atom is 0.124 e. The maximum atomic E-state index is 6.08. The molecule has 1 aliphatic heterocycles. The average Bonchev–Trinajstić information content (AvgIpc) is 3.09. The number of likely N-dealkylation sites (tertiary alicyclic amines) is 1. The van der Waals surface area contributed by atoms with Crippen molar-refractivity contribution in [3.8, 4) is 5.75 Å². The van der Waals surface area contributed by atoms with Crippen LogP contribution in [0.4, 0.5) is 0 Å². The monoisotopic (exact) mass is 232 g/mol. The summed E-state index contributed by atoms with van der Waals surface area (Å²) in [6, 6.07) is 8.40. The lowest BCUT2D eigenvalue weighted by molar-refractivity contribution is 0.0378. The van der Waals surface area contributed by atoms with Crippen LogP contribution in [-0.4, -0.2) is 37.7 Å². The van der Waals surface area contributed by atoms with Crippen LogP contribution in [0.2, 0.25) is 0 Å². The molecule has 2 N–H and O–H groups in total. The molecule has 0 atom stereocenters. The first kappa shape index (κ1) is 11.1. The highest BCUT2D eigenvalue weighted by Gasteiger charge is 2.45. The average molecular weight is 232 g/mol. The molecule has 3 heteroatoms. The van der Waals surface area contributed by atoms with Crippen molar-refractivity contribution >= 4 is 0 Å². The lowest BCUT2D eigenvalue weighted by Gasteiger charge is -2.36. The van der Waals surface area contributed by atoms with Crippen LogP contribution in [0.3, 0.4) is 0 Å². The van der Waals surface area contributed by atoms with Crippen LogP contribution in [0, 0.1) is 0 Å². The molecule has 2 fully saturated rings. The molecule has 1 aromatic carbocycles. The van der Waals surface area contributed by atoms with Crippen molar-refractivity contribution in [1.82, 2.24) is 4.90 Å². The highest BCUT2D eigenvalue weighted by atomic mass is 16.5. The zero-order valence-electron chi connectivity index (χ0n) is 10.4. The minimum atomic E-state index is 0.215. The summed E-state index contributed by atoms with van der Waals surface area (Å²) in [5.74, 6) is 1.05. The Hall–Kier alpha value is -1.06. The van der Waals surface area contributed by atoms with Crippen LogP contribution in [0.25, 0.3) is 0 Å². The zero-order valence-corrected chi connectivity index (χ0v) is 10.4. The topological polar surface area (TPSA) is 38.5 Å². The Labute approximate surface area is 103 Å². The van der Waals surface area contributed by atoms with Crippen molar-refractivity contribution in [2.24, 2.45) is 5.73 Å². The number of para-hydroxylation sites is 1. The first-order chi connectivity index (χ1) is 8.23. The summed E-state index contributed by atoms with van der Waals surface area (Å²) in [6.45, 7) is 2.80. The van der Waals surface area contributed by atoms with Gasteiger partial charge in [-0.2, -0.15) is 0 Å². The summed E-state index contributed by atoms with van der Waals surface area (Å²) >= 11 is 0. The quantitative estimate of drug-likeness (QED) is 0.852. The second-order valence-electron chi connectivity index (χ2n) is 5.44. The normalized spacial score (nSPS) is 23.2. The Kier molecular flexibility index (Phi) is 2.60. The molecule has 0 amide bonds. The summed E-state index contributed by atoms with van der Waals surface area (Å²) < 4.78 is 6.08. The van der Waals surface area contributed by atoms with Gasteiger partial charge in [0.1, 0.15) is 11.9 Å². The van der Waals surface area contributed by atoms with E-state index in [-0.39, 0.29) is 5.41 Å². The first-order valence-electron chi connectivity index (χ1n) is 6.38. The minimum Gasteiger partial charge on any atom is -0.487 e. The summed E-state index contributed by atoms with van der Waals surface area (Å²) in [6.07, 6.45) is 2.76. The number of rotatable bonds is 4. The number of likely N-dealkylation sites (N-methyl/N-ethyl adjacent to an activating group) is 1. The molecule has 0 unspecified atom stereocenters. The molecule has 3 nitrogen and oxygen atoms in total. The first-order valence-corrected chi connectivity index (χ1v) is 6.38. The van der Waals surface area contributed by atoms with Crippen LogP contribution >= 0.6 is 0 Å². The third kappa shape index (κ3) is 1.94. The Balaban J connectivity index is 1.79. The van der Waals surface area contributed by atoms with Crippen molar-refractivity contribution in [3.05, 3.63) is 29.8 Å². The van der Waals surface area contributed by atoms with E-state index in [2.05, 4.69) is 30.1 Å². The Morgan fingerprint density at radius 2 is 2.06 bits per heavy atom. The van der Waals surface area contributed by atoms with Crippen LogP contribution in [-0.2, 0) is 5.41 Å². The summed E-state index contributed by atoms with van der Waals surface area (Å²) in [4.78, 5) is 2.27. The lowest BCUT2D eigenvalue weighted by atomic mass is 9.95. The number of ether oxygens (including phenoxy) is 1. The van der Waals surface area contributed by atoms with Crippen LogP contribution in [0.1, 0.15) is 18.4 Å². The van der Waals surface area contributed by atoms with Crippen molar-refractivity contribution in [2.75, 3.05) is 26.7 Å². The Morgan fingerprint density at radius 3 is 2.65 bits per heavy atom. The zero-order chi connectivity index (χ0) is 11.9. The van der Waals surface area contributed by atoms with Gasteiger partial charge in [-0.05, 0) is 26.0 Å². The predicted molar refractivity (Wildman–Crippen MR) is 68.3 cm³/mol. The molecule has 1 saturated heterocycles. The largest absolute Gasteiger partial charge is 0.487 e. The van der Waals surface area contributed by atoms with Gasteiger partial charge >= 0.3 is 0 Å². The van der Waals surface area contributed by atoms with Gasteiger partial charge < -0.3 is 10.5 Å². The fraction of sp³-hybridized carbons (Fsp3) is 0.571. The van der Waals surface area contributed by atoms with Gasteiger partial charge in [0.15, 0.2) is 0 Å². The SMILES string of the molecule is CN1CC(Oc2ccccc2C2(CN)CC2)C1. The molecule has 1 aliphatic carbocycles. The van der Waals surface area contributed by atoms with E-state index in [1.54, 1.807) is 0 Å². The predicted octanol–water partition coefficient (Wildman–Crippen LogP) is 1.37. The van der Waals surface area contributed by atoms with E-state index >= 15 is 0 Å². The number of nitrogens with two attached hydrogens (primary N) is 1. The van der Waals surface area contributed by atoms with Crippen LogP contribution in [0.5, 0.6) is 5.75 Å². The van der Waals surface area contributed by atoms with E-state index < -0.39 is 0 Å². The maximum absolute atomic E-state index is 6.08. The molecule has 1 aromatic rings. The molecule has 1 saturated carbocycles. The van der Waals surface area contributed by atoms with Gasteiger partial charge in [0.2, 0.25) is 0 Å². The minimum absolute atomic E-state index is 0.215. The van der Waals surface area contributed by atoms with Gasteiger partial charge in [-0.3, -0.25) is 4.90 Å². The number of nitrogens with zero attached hydrogens (tertiary/aromatic N) is 1. The molecule has 17 heavy (non-hydrogen) atoms.